The number of fused-ring (bicyclic) bond motifs is 1. The van der Waals surface area contributed by atoms with Crippen LogP contribution >= 0.6 is 0 Å². The monoisotopic (exact) mass is 533 g/mol. The summed E-state index contributed by atoms with van der Waals surface area (Å²) in [6.07, 6.45) is 6.07. The lowest BCUT2D eigenvalue weighted by molar-refractivity contribution is 0.0996. The van der Waals surface area contributed by atoms with Crippen LogP contribution in [0.2, 0.25) is 0 Å². The highest BCUT2D eigenvalue weighted by Gasteiger charge is 2.35. The first kappa shape index (κ1) is 25.7. The third kappa shape index (κ3) is 5.32. The molecule has 0 saturated carbocycles. The Balaban J connectivity index is 1.16. The zero-order valence-corrected chi connectivity index (χ0v) is 22.7. The quantitative estimate of drug-likeness (QED) is 0.516. The van der Waals surface area contributed by atoms with Gasteiger partial charge in [-0.1, -0.05) is 0 Å². The fraction of sp³-hybridized carbons (Fsp3) is 0.571. The van der Waals surface area contributed by atoms with Crippen LogP contribution in [0.25, 0.3) is 0 Å². The Labute approximate surface area is 229 Å². The van der Waals surface area contributed by atoms with E-state index in [1.54, 1.807) is 11.1 Å². The lowest BCUT2D eigenvalue weighted by atomic mass is 9.81. The van der Waals surface area contributed by atoms with Crippen molar-refractivity contribution >= 4 is 34.9 Å². The number of urea groups is 1. The van der Waals surface area contributed by atoms with Crippen LogP contribution in [0.3, 0.4) is 0 Å². The van der Waals surface area contributed by atoms with Crippen LogP contribution in [0, 0.1) is 11.8 Å². The SMILES string of the molecule is CN1CCN(C2CCCN(c3cnc(C(N)=O)c(Nc4ccc(N5CCC6CCNCC6C5)cc4)n3)C2)C1=O. The predicted molar refractivity (Wildman–Crippen MR) is 152 cm³/mol. The third-order valence-corrected chi connectivity index (χ3v) is 8.89. The number of aromatic nitrogens is 2. The van der Waals surface area contributed by atoms with Crippen molar-refractivity contribution in [1.29, 1.82) is 0 Å². The number of likely N-dealkylation sites (N-methyl/N-ethyl adjacent to an activating group) is 1. The summed E-state index contributed by atoms with van der Waals surface area (Å²) in [5.41, 5.74) is 7.79. The molecule has 1 aromatic carbocycles. The van der Waals surface area contributed by atoms with Gasteiger partial charge in [-0.25, -0.2) is 14.8 Å². The third-order valence-electron chi connectivity index (χ3n) is 8.89. The molecule has 4 fully saturated rings. The molecule has 4 aliphatic rings. The molecule has 0 bridgehead atoms. The first-order valence-corrected chi connectivity index (χ1v) is 14.2. The van der Waals surface area contributed by atoms with Crippen LogP contribution in [0.5, 0.6) is 0 Å². The van der Waals surface area contributed by atoms with Crippen molar-refractivity contribution in [3.8, 4) is 0 Å². The topological polar surface area (TPSA) is 123 Å². The van der Waals surface area contributed by atoms with Gasteiger partial charge in [0.25, 0.3) is 5.91 Å². The van der Waals surface area contributed by atoms with Gasteiger partial charge < -0.3 is 36.0 Å². The summed E-state index contributed by atoms with van der Waals surface area (Å²) < 4.78 is 0. The van der Waals surface area contributed by atoms with Crippen LogP contribution in [-0.2, 0) is 0 Å². The van der Waals surface area contributed by atoms with Gasteiger partial charge in [0.2, 0.25) is 0 Å². The molecule has 4 aliphatic heterocycles. The van der Waals surface area contributed by atoms with Gasteiger partial charge >= 0.3 is 6.03 Å². The standard InChI is InChI=1S/C28H39N9O2/c1-34-13-14-37(28(34)39)23-3-2-11-36(18-23)24-16-31-25(26(29)38)27(33-24)32-21-4-6-22(7-5-21)35-12-9-19-8-10-30-15-20(19)17-35/h4-7,16,19-20,23,30H,2-3,8-15,17-18H2,1H3,(H2,29,38)(H,32,33). The maximum absolute atomic E-state index is 12.6. The average molecular weight is 534 g/mol. The van der Waals surface area contributed by atoms with Gasteiger partial charge in [0.15, 0.2) is 11.5 Å². The minimum atomic E-state index is -0.626. The molecule has 2 aromatic rings. The molecule has 3 atom stereocenters. The second-order valence-corrected chi connectivity index (χ2v) is 11.3. The second-order valence-electron chi connectivity index (χ2n) is 11.3. The van der Waals surface area contributed by atoms with E-state index in [9.17, 15) is 9.59 Å². The van der Waals surface area contributed by atoms with Gasteiger partial charge in [0, 0.05) is 57.7 Å². The number of carbonyl (C=O) groups excluding carboxylic acids is 2. The van der Waals surface area contributed by atoms with Crippen molar-refractivity contribution in [1.82, 2.24) is 25.1 Å². The van der Waals surface area contributed by atoms with E-state index in [1.807, 2.05) is 24.1 Å². The lowest BCUT2D eigenvalue weighted by Crippen LogP contribution is -2.49. The van der Waals surface area contributed by atoms with E-state index in [1.165, 1.54) is 18.5 Å². The van der Waals surface area contributed by atoms with Crippen molar-refractivity contribution in [3.63, 3.8) is 0 Å². The molecule has 0 radical (unpaired) electrons. The van der Waals surface area contributed by atoms with Crippen LogP contribution in [0.1, 0.15) is 36.2 Å². The fourth-order valence-corrected chi connectivity index (χ4v) is 6.62. The van der Waals surface area contributed by atoms with Gasteiger partial charge in [-0.2, -0.15) is 0 Å². The largest absolute Gasteiger partial charge is 0.371 e. The summed E-state index contributed by atoms with van der Waals surface area (Å²) in [7, 11) is 1.84. The number of amides is 3. The number of hydrogen-bond donors (Lipinski definition) is 3. The molecule has 0 aliphatic carbocycles. The molecule has 1 aromatic heterocycles. The smallest absolute Gasteiger partial charge is 0.320 e. The Morgan fingerprint density at radius 1 is 1.03 bits per heavy atom. The number of nitrogens with one attached hydrogen (secondary N) is 2. The summed E-state index contributed by atoms with van der Waals surface area (Å²) in [5, 5.41) is 6.83. The molecule has 11 heteroatoms. The number of carbonyl (C=O) groups is 2. The summed E-state index contributed by atoms with van der Waals surface area (Å²) in [5.74, 6) is 1.95. The van der Waals surface area contributed by atoms with Crippen molar-refractivity contribution in [3.05, 3.63) is 36.2 Å². The number of benzene rings is 1. The Morgan fingerprint density at radius 3 is 2.64 bits per heavy atom. The van der Waals surface area contributed by atoms with Crippen LogP contribution < -0.4 is 26.2 Å². The van der Waals surface area contributed by atoms with E-state index in [0.717, 1.165) is 70.3 Å². The molecule has 5 heterocycles. The van der Waals surface area contributed by atoms with Crippen molar-refractivity contribution in [2.24, 2.45) is 17.6 Å². The number of hydrogen-bond acceptors (Lipinski definition) is 8. The summed E-state index contributed by atoms with van der Waals surface area (Å²) >= 11 is 0. The van der Waals surface area contributed by atoms with Crippen molar-refractivity contribution in [2.45, 2.75) is 31.7 Å². The minimum Gasteiger partial charge on any atom is -0.371 e. The van der Waals surface area contributed by atoms with Crippen LogP contribution in [-0.4, -0.2) is 97.2 Å². The minimum absolute atomic E-state index is 0.0857. The molecule has 4 N–H and O–H groups in total. The van der Waals surface area contributed by atoms with E-state index in [4.69, 9.17) is 10.7 Å². The Hall–Kier alpha value is -3.60. The van der Waals surface area contributed by atoms with Crippen molar-refractivity contribution < 1.29 is 9.59 Å². The van der Waals surface area contributed by atoms with E-state index >= 15 is 0 Å². The highest BCUT2D eigenvalue weighted by atomic mass is 16.2. The predicted octanol–water partition coefficient (Wildman–Crippen LogP) is 2.09. The number of rotatable bonds is 6. The van der Waals surface area contributed by atoms with E-state index in [2.05, 4.69) is 37.6 Å². The number of piperidine rings is 3. The van der Waals surface area contributed by atoms with Crippen molar-refractivity contribution in [2.75, 3.05) is 74.5 Å². The number of primary amides is 1. The van der Waals surface area contributed by atoms with Gasteiger partial charge in [0.05, 0.1) is 12.2 Å². The maximum Gasteiger partial charge on any atom is 0.320 e. The molecule has 6 rings (SSSR count). The highest BCUT2D eigenvalue weighted by Crippen LogP contribution is 2.32. The highest BCUT2D eigenvalue weighted by molar-refractivity contribution is 5.96. The Morgan fingerprint density at radius 2 is 1.87 bits per heavy atom. The molecule has 208 valence electrons. The summed E-state index contributed by atoms with van der Waals surface area (Å²) in [6.45, 7) is 7.43. The molecule has 11 nitrogen and oxygen atoms in total. The van der Waals surface area contributed by atoms with E-state index in [-0.39, 0.29) is 17.8 Å². The molecule has 39 heavy (non-hydrogen) atoms. The Kier molecular flexibility index (Phi) is 7.16. The second kappa shape index (κ2) is 10.9. The Bertz CT molecular complexity index is 1210. The zero-order valence-electron chi connectivity index (χ0n) is 22.7. The normalized spacial score (nSPS) is 25.6. The first-order valence-electron chi connectivity index (χ1n) is 14.2. The van der Waals surface area contributed by atoms with Gasteiger partial charge in [-0.05, 0) is 74.9 Å². The zero-order chi connectivity index (χ0) is 26.9. The van der Waals surface area contributed by atoms with Gasteiger partial charge in [-0.15, -0.1) is 0 Å². The first-order chi connectivity index (χ1) is 19.0. The number of anilines is 4. The molecule has 3 unspecified atom stereocenters. The van der Waals surface area contributed by atoms with Crippen LogP contribution in [0.15, 0.2) is 30.5 Å². The maximum atomic E-state index is 12.6. The number of nitrogens with two attached hydrogens (primary N) is 1. The molecule has 3 amide bonds. The average Bonchev–Trinajstić information content (AvgIpc) is 3.30. The fourth-order valence-electron chi connectivity index (χ4n) is 6.62. The molecule has 4 saturated heterocycles. The summed E-state index contributed by atoms with van der Waals surface area (Å²) in [6, 6.07) is 8.51. The number of nitrogens with zero attached hydrogens (tertiary/aromatic N) is 6. The van der Waals surface area contributed by atoms with E-state index < -0.39 is 5.91 Å². The molecule has 0 spiro atoms. The molecular weight excluding hydrogens is 494 g/mol. The van der Waals surface area contributed by atoms with E-state index in [0.29, 0.717) is 24.1 Å². The van der Waals surface area contributed by atoms with Gasteiger partial charge in [0.1, 0.15) is 5.82 Å². The lowest BCUT2D eigenvalue weighted by Gasteiger charge is -2.42. The van der Waals surface area contributed by atoms with Crippen LogP contribution in [0.4, 0.5) is 27.8 Å². The van der Waals surface area contributed by atoms with Gasteiger partial charge in [-0.3, -0.25) is 4.79 Å². The molecular formula is C28H39N9O2. The summed E-state index contributed by atoms with van der Waals surface area (Å²) in [4.78, 5) is 42.2.